The van der Waals surface area contributed by atoms with Crippen molar-refractivity contribution >= 4 is 76.5 Å². The molecule has 1 rings (SSSR count). The van der Waals surface area contributed by atoms with Gasteiger partial charge in [-0.1, -0.05) is 31.0 Å². The molecule has 0 bridgehead atoms. The fourth-order valence-corrected chi connectivity index (χ4v) is 7.13. The van der Waals surface area contributed by atoms with E-state index in [9.17, 15) is 72.5 Å². The van der Waals surface area contributed by atoms with Crippen LogP contribution in [-0.4, -0.2) is 175 Å². The highest BCUT2D eigenvalue weighted by atomic mass is 16.5. The summed E-state index contributed by atoms with van der Waals surface area (Å²) in [7, 11) is 0. The number of aliphatic carboxylic acids is 4. The number of benzene rings is 1. The molecule has 0 aliphatic carbocycles. The smallest absolute Gasteiger partial charge is 0.372 e. The standard InChI is InChI=1S/C29H44N2O15.C25H39N3O6/c1-18(26(37)38)31-25(36)10-8-20(28(41)42)16-22(33)17-46-14-13-45-12-11-30-24(35)9-7-19(27(39)40)15-21(32)5-3-2-4-6-23(34)29(43)44;1-3-7-21(29)8-6-15-33-16-17-34-18-23(30)28-22(24(26)31)9-4-5-14-27-25(32)20-12-10-19(2)11-13-20/h18-20H,2-17H2,1H3,(H,30,35)(H,31,36)(H,37,38)(H,39,40)(H,41,42)(H,43,44);10-13,22H,3-9,14-18H2,1-2H3,(H2,26,31)(H,27,32)(H,28,30). The van der Waals surface area contributed by atoms with Crippen molar-refractivity contribution in [3.05, 3.63) is 35.4 Å². The van der Waals surface area contributed by atoms with E-state index in [-0.39, 0.29) is 115 Å². The molecule has 4 unspecified atom stereocenters. The van der Waals surface area contributed by atoms with E-state index in [4.69, 9.17) is 34.9 Å². The molecule has 1 aromatic carbocycles. The largest absolute Gasteiger partial charge is 0.481 e. The predicted octanol–water partition coefficient (Wildman–Crippen LogP) is 2.26. The summed E-state index contributed by atoms with van der Waals surface area (Å²) >= 11 is 0. The molecule has 450 valence electrons. The molecule has 0 radical (unpaired) electrons. The van der Waals surface area contributed by atoms with Gasteiger partial charge in [-0.15, -0.1) is 0 Å². The Labute approximate surface area is 465 Å². The summed E-state index contributed by atoms with van der Waals surface area (Å²) in [5, 5.41) is 46.1. The van der Waals surface area contributed by atoms with Gasteiger partial charge in [0.15, 0.2) is 5.78 Å². The Hall–Kier alpha value is -7.03. The van der Waals surface area contributed by atoms with E-state index < -0.39 is 83.0 Å². The van der Waals surface area contributed by atoms with Crippen LogP contribution in [0.4, 0.5) is 0 Å². The SMILES string of the molecule is CC(NC(=O)CCC(CC(=O)COCCOCCNC(=O)CCC(CC(=O)CCCCCC(=O)C(=O)O)C(=O)O)C(=O)O)C(=O)O.CCCC(=O)CCCOCCOCC(=O)NC(CCCCNC(=O)c1ccc(C)cc1)C(N)=O. The number of nitrogens with two attached hydrogens (primary N) is 1. The first-order chi connectivity index (χ1) is 38.0. The molecular formula is C54H83N5O21. The molecule has 26 nitrogen and oxygen atoms in total. The number of carboxylic acids is 4. The number of primary amides is 1. The number of nitrogens with one attached hydrogen (secondary N) is 4. The van der Waals surface area contributed by atoms with Gasteiger partial charge in [0.2, 0.25) is 29.4 Å². The van der Waals surface area contributed by atoms with E-state index in [2.05, 4.69) is 21.3 Å². The molecule has 0 saturated carbocycles. The Balaban J connectivity index is 0.00000163. The van der Waals surface area contributed by atoms with Gasteiger partial charge in [0.25, 0.3) is 5.91 Å². The third-order valence-corrected chi connectivity index (χ3v) is 11.7. The van der Waals surface area contributed by atoms with Crippen LogP contribution in [0.5, 0.6) is 0 Å². The molecule has 0 saturated heterocycles. The lowest BCUT2D eigenvalue weighted by Gasteiger charge is -2.15. The molecule has 10 N–H and O–H groups in total. The van der Waals surface area contributed by atoms with Crippen LogP contribution in [0.1, 0.15) is 145 Å². The highest BCUT2D eigenvalue weighted by Crippen LogP contribution is 2.16. The van der Waals surface area contributed by atoms with Crippen molar-refractivity contribution in [2.24, 2.45) is 17.6 Å². The normalized spacial score (nSPS) is 12.2. The van der Waals surface area contributed by atoms with Crippen LogP contribution in [0.2, 0.25) is 0 Å². The summed E-state index contributed by atoms with van der Waals surface area (Å²) in [4.78, 5) is 150. The van der Waals surface area contributed by atoms with E-state index in [1.165, 1.54) is 6.92 Å². The van der Waals surface area contributed by atoms with E-state index in [1.807, 2.05) is 26.0 Å². The Bertz CT molecular complexity index is 2140. The molecule has 0 fully saturated rings. The van der Waals surface area contributed by atoms with Crippen LogP contribution in [-0.2, 0) is 76.5 Å². The Morgan fingerprint density at radius 1 is 0.512 bits per heavy atom. The monoisotopic (exact) mass is 1140 g/mol. The minimum absolute atomic E-state index is 0.00167. The quantitative estimate of drug-likeness (QED) is 0.0334. The third-order valence-electron chi connectivity index (χ3n) is 11.7. The maximum Gasteiger partial charge on any atom is 0.372 e. The van der Waals surface area contributed by atoms with Gasteiger partial charge in [-0.05, 0) is 83.8 Å². The van der Waals surface area contributed by atoms with E-state index in [0.29, 0.717) is 83.1 Å². The summed E-state index contributed by atoms with van der Waals surface area (Å²) < 4.78 is 21.1. The lowest BCUT2D eigenvalue weighted by molar-refractivity contribution is -0.149. The van der Waals surface area contributed by atoms with Crippen molar-refractivity contribution in [3.63, 3.8) is 0 Å². The Morgan fingerprint density at radius 2 is 1.07 bits per heavy atom. The van der Waals surface area contributed by atoms with Gasteiger partial charge in [0, 0.05) is 76.6 Å². The number of ether oxygens (including phenoxy) is 4. The maximum absolute atomic E-state index is 12.1. The Kier molecular flexibility index (Phi) is 40.8. The van der Waals surface area contributed by atoms with E-state index in [0.717, 1.165) is 12.0 Å². The number of hydrogen-bond donors (Lipinski definition) is 9. The molecular weight excluding hydrogens is 1050 g/mol. The van der Waals surface area contributed by atoms with Crippen molar-refractivity contribution in [1.82, 2.24) is 21.3 Å². The zero-order valence-electron chi connectivity index (χ0n) is 46.2. The first-order valence-corrected chi connectivity index (χ1v) is 26.8. The molecule has 0 aliphatic rings. The van der Waals surface area contributed by atoms with Gasteiger partial charge in [-0.25, -0.2) is 4.79 Å². The highest BCUT2D eigenvalue weighted by Gasteiger charge is 2.25. The number of aryl methyl sites for hydroxylation is 1. The lowest BCUT2D eigenvalue weighted by atomic mass is 9.94. The summed E-state index contributed by atoms with van der Waals surface area (Å²) in [5.74, 6) is -11.1. The molecule has 4 atom stereocenters. The molecule has 26 heteroatoms. The lowest BCUT2D eigenvalue weighted by Crippen LogP contribution is -2.45. The van der Waals surface area contributed by atoms with Gasteiger partial charge in [0.05, 0.1) is 44.9 Å². The molecule has 0 aliphatic heterocycles. The van der Waals surface area contributed by atoms with Crippen molar-refractivity contribution in [3.8, 4) is 0 Å². The van der Waals surface area contributed by atoms with Gasteiger partial charge in [-0.3, -0.25) is 57.5 Å². The topological polar surface area (TPSA) is 414 Å². The molecule has 0 spiro atoms. The molecule has 80 heavy (non-hydrogen) atoms. The average molecular weight is 1140 g/mol. The molecule has 5 amide bonds. The second-order valence-corrected chi connectivity index (χ2v) is 18.8. The number of carboxylic acid groups (broad SMARTS) is 4. The zero-order chi connectivity index (χ0) is 60.3. The number of amides is 5. The summed E-state index contributed by atoms with van der Waals surface area (Å²) in [6, 6.07) is 5.38. The third kappa shape index (κ3) is 39.3. The van der Waals surface area contributed by atoms with Crippen molar-refractivity contribution < 1.29 is 102 Å². The number of Topliss-reactive ketones (excluding diaryl/α,β-unsaturated/α-hetero) is 4. The maximum atomic E-state index is 12.1. The van der Waals surface area contributed by atoms with Crippen LogP contribution in [0.15, 0.2) is 24.3 Å². The van der Waals surface area contributed by atoms with Gasteiger partial charge >= 0.3 is 23.9 Å². The van der Waals surface area contributed by atoms with Crippen molar-refractivity contribution in [1.29, 1.82) is 0 Å². The predicted molar refractivity (Wildman–Crippen MR) is 285 cm³/mol. The molecule has 0 heterocycles. The van der Waals surface area contributed by atoms with Crippen LogP contribution < -0.4 is 27.0 Å². The summed E-state index contributed by atoms with van der Waals surface area (Å²) in [6.07, 6.45) is 4.19. The minimum atomic E-state index is -1.50. The minimum Gasteiger partial charge on any atom is -0.481 e. The van der Waals surface area contributed by atoms with Crippen LogP contribution >= 0.6 is 0 Å². The van der Waals surface area contributed by atoms with Gasteiger partial charge < -0.3 is 66.4 Å². The first kappa shape index (κ1) is 73.0. The van der Waals surface area contributed by atoms with Crippen molar-refractivity contribution in [2.75, 3.05) is 65.9 Å². The number of hydrogen-bond acceptors (Lipinski definition) is 17. The second-order valence-electron chi connectivity index (χ2n) is 18.8. The van der Waals surface area contributed by atoms with Gasteiger partial charge in [0.1, 0.15) is 36.9 Å². The van der Waals surface area contributed by atoms with E-state index in [1.54, 1.807) is 12.1 Å². The fourth-order valence-electron chi connectivity index (χ4n) is 7.13. The molecule has 0 aromatic heterocycles. The summed E-state index contributed by atoms with van der Waals surface area (Å²) in [6.45, 7) is 6.36. The fraction of sp³-hybridized carbons (Fsp3) is 0.648. The van der Waals surface area contributed by atoms with Crippen molar-refractivity contribution in [2.45, 2.75) is 148 Å². The summed E-state index contributed by atoms with van der Waals surface area (Å²) in [5.41, 5.74) is 7.07. The Morgan fingerprint density at radius 3 is 1.66 bits per heavy atom. The average Bonchev–Trinajstić information content (AvgIpc) is 3.39. The van der Waals surface area contributed by atoms with E-state index >= 15 is 0 Å². The number of carbonyl (C=O) groups is 13. The number of ketones is 4. The number of rotatable bonds is 48. The van der Waals surface area contributed by atoms with Crippen LogP contribution in [0, 0.1) is 18.8 Å². The number of unbranched alkanes of at least 4 members (excludes halogenated alkanes) is 3. The molecule has 1 aromatic rings. The number of carbonyl (C=O) groups excluding carboxylic acids is 9. The van der Waals surface area contributed by atoms with Gasteiger partial charge in [-0.2, -0.15) is 0 Å². The van der Waals surface area contributed by atoms with Crippen LogP contribution in [0.3, 0.4) is 0 Å². The van der Waals surface area contributed by atoms with Crippen LogP contribution in [0.25, 0.3) is 0 Å². The first-order valence-electron chi connectivity index (χ1n) is 26.8. The zero-order valence-corrected chi connectivity index (χ0v) is 46.2. The highest BCUT2D eigenvalue weighted by molar-refractivity contribution is 6.32. The second kappa shape index (κ2) is 44.8.